The number of phenols is 1. The van der Waals surface area contributed by atoms with Crippen LogP contribution >= 0.6 is 0 Å². The molecule has 0 saturated carbocycles. The number of halogens is 1. The summed E-state index contributed by atoms with van der Waals surface area (Å²) < 4.78 is 18.8. The smallest absolute Gasteiger partial charge is 0.134 e. The van der Waals surface area contributed by atoms with Crippen LogP contribution in [0.3, 0.4) is 0 Å². The average Bonchev–Trinajstić information content (AvgIpc) is 2.69. The van der Waals surface area contributed by atoms with E-state index in [-0.39, 0.29) is 17.5 Å². The standard InChI is InChI=1S/C11H14FNO2/c1-15-10-5-8(14)4-9(12)11(10)7-2-3-13-6-7/h4-5,7,13-14H,2-3,6H2,1H3. The second kappa shape index (κ2) is 4.06. The number of hydrogen-bond acceptors (Lipinski definition) is 3. The lowest BCUT2D eigenvalue weighted by molar-refractivity contribution is 0.391. The minimum atomic E-state index is -0.388. The van der Waals surface area contributed by atoms with Crippen molar-refractivity contribution in [3.05, 3.63) is 23.5 Å². The van der Waals surface area contributed by atoms with E-state index in [0.717, 1.165) is 25.6 Å². The molecule has 15 heavy (non-hydrogen) atoms. The second-order valence-electron chi connectivity index (χ2n) is 3.73. The van der Waals surface area contributed by atoms with Gasteiger partial charge >= 0.3 is 0 Å². The van der Waals surface area contributed by atoms with Crippen molar-refractivity contribution in [2.24, 2.45) is 0 Å². The Labute approximate surface area is 87.9 Å². The van der Waals surface area contributed by atoms with Crippen molar-refractivity contribution in [1.29, 1.82) is 0 Å². The normalized spacial score (nSPS) is 20.5. The molecule has 1 heterocycles. The van der Waals surface area contributed by atoms with E-state index in [1.54, 1.807) is 0 Å². The molecule has 0 aliphatic carbocycles. The Morgan fingerprint density at radius 3 is 2.93 bits per heavy atom. The van der Waals surface area contributed by atoms with E-state index in [9.17, 15) is 9.50 Å². The third-order valence-electron chi connectivity index (χ3n) is 2.76. The molecule has 2 rings (SSSR count). The van der Waals surface area contributed by atoms with Crippen LogP contribution in [0.1, 0.15) is 17.9 Å². The third kappa shape index (κ3) is 1.90. The van der Waals surface area contributed by atoms with E-state index in [2.05, 4.69) is 5.32 Å². The predicted molar refractivity (Wildman–Crippen MR) is 54.8 cm³/mol. The molecule has 4 heteroatoms. The monoisotopic (exact) mass is 211 g/mol. The Bertz CT molecular complexity index is 362. The van der Waals surface area contributed by atoms with Gasteiger partial charge < -0.3 is 15.2 Å². The topological polar surface area (TPSA) is 41.5 Å². The number of rotatable bonds is 2. The van der Waals surface area contributed by atoms with Crippen LogP contribution in [0, 0.1) is 5.82 Å². The van der Waals surface area contributed by atoms with Crippen LogP contribution in [0.5, 0.6) is 11.5 Å². The van der Waals surface area contributed by atoms with Gasteiger partial charge in [-0.3, -0.25) is 0 Å². The first-order chi connectivity index (χ1) is 7.22. The van der Waals surface area contributed by atoms with Crippen molar-refractivity contribution in [2.75, 3.05) is 20.2 Å². The van der Waals surface area contributed by atoms with Gasteiger partial charge in [0.05, 0.1) is 7.11 Å². The van der Waals surface area contributed by atoms with E-state index in [4.69, 9.17) is 4.74 Å². The van der Waals surface area contributed by atoms with Gasteiger partial charge in [-0.25, -0.2) is 4.39 Å². The molecule has 82 valence electrons. The van der Waals surface area contributed by atoms with Crippen LogP contribution in [-0.2, 0) is 0 Å². The molecular formula is C11H14FNO2. The molecule has 0 aromatic heterocycles. The van der Waals surface area contributed by atoms with Crippen LogP contribution in [0.15, 0.2) is 12.1 Å². The Morgan fingerprint density at radius 2 is 2.33 bits per heavy atom. The maximum atomic E-state index is 13.7. The van der Waals surface area contributed by atoms with Gasteiger partial charge in [-0.15, -0.1) is 0 Å². The molecule has 3 nitrogen and oxygen atoms in total. The van der Waals surface area contributed by atoms with E-state index in [1.165, 1.54) is 13.2 Å². The van der Waals surface area contributed by atoms with Crippen molar-refractivity contribution in [1.82, 2.24) is 5.32 Å². The zero-order valence-electron chi connectivity index (χ0n) is 8.59. The molecule has 0 spiro atoms. The number of ether oxygens (including phenoxy) is 1. The fraction of sp³-hybridized carbons (Fsp3) is 0.455. The highest BCUT2D eigenvalue weighted by atomic mass is 19.1. The summed E-state index contributed by atoms with van der Waals surface area (Å²) in [4.78, 5) is 0. The van der Waals surface area contributed by atoms with Crippen LogP contribution in [0.4, 0.5) is 4.39 Å². The van der Waals surface area contributed by atoms with Crippen LogP contribution in [-0.4, -0.2) is 25.3 Å². The fourth-order valence-electron chi connectivity index (χ4n) is 2.05. The van der Waals surface area contributed by atoms with Gasteiger partial charge in [-0.1, -0.05) is 0 Å². The molecular weight excluding hydrogens is 197 g/mol. The quantitative estimate of drug-likeness (QED) is 0.781. The molecule has 0 amide bonds. The van der Waals surface area contributed by atoms with Gasteiger partial charge in [-0.05, 0) is 13.0 Å². The van der Waals surface area contributed by atoms with Gasteiger partial charge in [0, 0.05) is 30.2 Å². The highest BCUT2D eigenvalue weighted by Gasteiger charge is 2.24. The largest absolute Gasteiger partial charge is 0.508 e. The first-order valence-electron chi connectivity index (χ1n) is 4.99. The molecule has 1 aromatic rings. The summed E-state index contributed by atoms with van der Waals surface area (Å²) in [6.07, 6.45) is 0.901. The summed E-state index contributed by atoms with van der Waals surface area (Å²) in [6.45, 7) is 1.66. The van der Waals surface area contributed by atoms with E-state index in [0.29, 0.717) is 11.3 Å². The van der Waals surface area contributed by atoms with Crippen LogP contribution < -0.4 is 10.1 Å². The highest BCUT2D eigenvalue weighted by Crippen LogP contribution is 2.35. The lowest BCUT2D eigenvalue weighted by Gasteiger charge is -2.15. The number of methoxy groups -OCH3 is 1. The van der Waals surface area contributed by atoms with Crippen molar-refractivity contribution in [3.8, 4) is 11.5 Å². The zero-order chi connectivity index (χ0) is 10.8. The first kappa shape index (κ1) is 10.2. The van der Waals surface area contributed by atoms with Gasteiger partial charge in [0.2, 0.25) is 0 Å². The summed E-state index contributed by atoms with van der Waals surface area (Å²) in [5.41, 5.74) is 0.570. The molecule has 0 bridgehead atoms. The number of nitrogens with one attached hydrogen (secondary N) is 1. The molecule has 2 N–H and O–H groups in total. The minimum Gasteiger partial charge on any atom is -0.508 e. The molecule has 1 fully saturated rings. The van der Waals surface area contributed by atoms with Gasteiger partial charge in [0.15, 0.2) is 0 Å². The second-order valence-corrected chi connectivity index (χ2v) is 3.73. The van der Waals surface area contributed by atoms with Crippen molar-refractivity contribution in [2.45, 2.75) is 12.3 Å². The molecule has 1 aliphatic rings. The Balaban J connectivity index is 2.43. The number of hydrogen-bond donors (Lipinski definition) is 2. The summed E-state index contributed by atoms with van der Waals surface area (Å²) in [5, 5.41) is 12.4. The fourth-order valence-corrected chi connectivity index (χ4v) is 2.05. The molecule has 1 aromatic carbocycles. The van der Waals surface area contributed by atoms with E-state index in [1.807, 2.05) is 0 Å². The molecule has 1 unspecified atom stereocenters. The Kier molecular flexibility index (Phi) is 2.77. The lowest BCUT2D eigenvalue weighted by Crippen LogP contribution is -2.10. The number of benzene rings is 1. The van der Waals surface area contributed by atoms with Crippen LogP contribution in [0.25, 0.3) is 0 Å². The maximum Gasteiger partial charge on any atom is 0.134 e. The maximum absolute atomic E-state index is 13.7. The third-order valence-corrected chi connectivity index (χ3v) is 2.76. The summed E-state index contributed by atoms with van der Waals surface area (Å²) in [6, 6.07) is 2.59. The molecule has 1 saturated heterocycles. The van der Waals surface area contributed by atoms with Gasteiger partial charge in [0.1, 0.15) is 17.3 Å². The Morgan fingerprint density at radius 1 is 1.53 bits per heavy atom. The molecule has 1 atom stereocenters. The van der Waals surface area contributed by atoms with Crippen molar-refractivity contribution < 1.29 is 14.2 Å². The minimum absolute atomic E-state index is 0.0981. The number of phenolic OH excluding ortho intramolecular Hbond substituents is 1. The van der Waals surface area contributed by atoms with Gasteiger partial charge in [-0.2, -0.15) is 0 Å². The first-order valence-corrected chi connectivity index (χ1v) is 4.99. The number of aromatic hydroxyl groups is 1. The SMILES string of the molecule is COc1cc(O)cc(F)c1C1CCNC1. The predicted octanol–water partition coefficient (Wildman–Crippen LogP) is 1.62. The van der Waals surface area contributed by atoms with Crippen LogP contribution in [0.2, 0.25) is 0 Å². The van der Waals surface area contributed by atoms with E-state index >= 15 is 0 Å². The zero-order valence-corrected chi connectivity index (χ0v) is 8.59. The molecule has 0 radical (unpaired) electrons. The van der Waals surface area contributed by atoms with Crippen molar-refractivity contribution in [3.63, 3.8) is 0 Å². The average molecular weight is 211 g/mol. The van der Waals surface area contributed by atoms with Crippen molar-refractivity contribution >= 4 is 0 Å². The lowest BCUT2D eigenvalue weighted by atomic mass is 9.96. The Hall–Kier alpha value is -1.29. The highest BCUT2D eigenvalue weighted by molar-refractivity contribution is 5.43. The summed E-state index contributed by atoms with van der Waals surface area (Å²) >= 11 is 0. The van der Waals surface area contributed by atoms with E-state index < -0.39 is 0 Å². The van der Waals surface area contributed by atoms with Gasteiger partial charge in [0.25, 0.3) is 0 Å². The summed E-state index contributed by atoms with van der Waals surface area (Å²) in [7, 11) is 1.49. The summed E-state index contributed by atoms with van der Waals surface area (Å²) in [5.74, 6) is 0.0846. The molecule has 1 aliphatic heterocycles.